The van der Waals surface area contributed by atoms with Crippen molar-refractivity contribution in [1.29, 1.82) is 15.9 Å². The standard InChI is InChI=1S/C19H18N4S/c20-11-15-17(24)23-16(14-7-3-1-4-8-14)19(12-21,13-22)18(15)9-5-2-6-10-18/h1,3-4,7-8,16,20H,2,5-6,9-10H2,(H,23,24). The van der Waals surface area contributed by atoms with Gasteiger partial charge in [-0.05, 0) is 24.3 Å². The predicted octanol–water partition coefficient (Wildman–Crippen LogP) is 3.82. The number of hydrogen-bond acceptors (Lipinski definition) is 4. The molecule has 1 atom stereocenters. The van der Waals surface area contributed by atoms with Crippen LogP contribution in [0.1, 0.15) is 43.7 Å². The van der Waals surface area contributed by atoms with Gasteiger partial charge in [0.2, 0.25) is 0 Å². The molecule has 3 rings (SSSR count). The third-order valence-corrected chi connectivity index (χ3v) is 5.81. The second kappa shape index (κ2) is 6.21. The van der Waals surface area contributed by atoms with E-state index in [4.69, 9.17) is 17.6 Å². The van der Waals surface area contributed by atoms with Crippen LogP contribution in [0.5, 0.6) is 0 Å². The van der Waals surface area contributed by atoms with Crippen LogP contribution in [0, 0.1) is 38.9 Å². The summed E-state index contributed by atoms with van der Waals surface area (Å²) in [5.74, 6) is 2.47. The first-order valence-electron chi connectivity index (χ1n) is 8.14. The molecule has 1 aromatic carbocycles. The molecule has 1 aliphatic carbocycles. The SMILES string of the molecule is N#CC1(C#N)C(c2ccccc2)NC(=S)C(=C=N)C12CCCCC2. The molecule has 120 valence electrons. The first kappa shape index (κ1) is 16.4. The van der Waals surface area contributed by atoms with E-state index < -0.39 is 16.9 Å². The minimum atomic E-state index is -1.31. The van der Waals surface area contributed by atoms with Crippen LogP contribution in [0.2, 0.25) is 0 Å². The van der Waals surface area contributed by atoms with Gasteiger partial charge >= 0.3 is 0 Å². The van der Waals surface area contributed by atoms with E-state index in [0.29, 0.717) is 23.4 Å². The molecule has 2 N–H and O–H groups in total. The van der Waals surface area contributed by atoms with Crippen molar-refractivity contribution < 1.29 is 0 Å². The Balaban J connectivity index is 2.27. The molecular formula is C19H18N4S. The van der Waals surface area contributed by atoms with Gasteiger partial charge in [-0.2, -0.15) is 10.5 Å². The van der Waals surface area contributed by atoms with E-state index in [1.165, 1.54) is 0 Å². The first-order chi connectivity index (χ1) is 11.6. The Bertz CT molecular complexity index is 773. The number of nitriles is 2. The van der Waals surface area contributed by atoms with Crippen LogP contribution in [-0.2, 0) is 0 Å². The van der Waals surface area contributed by atoms with Crippen molar-refractivity contribution in [2.75, 3.05) is 0 Å². The van der Waals surface area contributed by atoms with Gasteiger partial charge in [-0.3, -0.25) is 5.41 Å². The van der Waals surface area contributed by atoms with E-state index in [1.807, 2.05) is 30.3 Å². The Morgan fingerprint density at radius 1 is 1.08 bits per heavy atom. The van der Waals surface area contributed by atoms with E-state index in [-0.39, 0.29) is 0 Å². The summed E-state index contributed by atoms with van der Waals surface area (Å²) in [6, 6.07) is 13.7. The molecule has 1 saturated heterocycles. The van der Waals surface area contributed by atoms with Crippen molar-refractivity contribution in [3.8, 4) is 12.1 Å². The van der Waals surface area contributed by atoms with E-state index in [2.05, 4.69) is 23.3 Å². The van der Waals surface area contributed by atoms with Crippen molar-refractivity contribution in [3.63, 3.8) is 0 Å². The molecule has 2 aliphatic rings. The summed E-state index contributed by atoms with van der Waals surface area (Å²) in [7, 11) is 0. The maximum atomic E-state index is 10.1. The maximum absolute atomic E-state index is 10.1. The van der Waals surface area contributed by atoms with Crippen LogP contribution >= 0.6 is 12.2 Å². The topological polar surface area (TPSA) is 83.5 Å². The van der Waals surface area contributed by atoms with Crippen molar-refractivity contribution >= 4 is 23.1 Å². The lowest BCUT2D eigenvalue weighted by Crippen LogP contribution is -2.58. The van der Waals surface area contributed by atoms with E-state index in [0.717, 1.165) is 24.8 Å². The summed E-state index contributed by atoms with van der Waals surface area (Å²) in [4.78, 5) is 0.446. The number of piperidine rings is 1. The molecule has 1 heterocycles. The van der Waals surface area contributed by atoms with E-state index in [1.54, 1.807) is 0 Å². The predicted molar refractivity (Wildman–Crippen MR) is 95.3 cm³/mol. The van der Waals surface area contributed by atoms with E-state index >= 15 is 0 Å². The van der Waals surface area contributed by atoms with Crippen LogP contribution in [0.4, 0.5) is 0 Å². The summed E-state index contributed by atoms with van der Waals surface area (Å²) >= 11 is 5.51. The average Bonchev–Trinajstić information content (AvgIpc) is 2.64. The number of nitrogens with one attached hydrogen (secondary N) is 2. The van der Waals surface area contributed by atoms with E-state index in [9.17, 15) is 10.5 Å². The molecule has 4 nitrogen and oxygen atoms in total. The minimum Gasteiger partial charge on any atom is -0.366 e. The van der Waals surface area contributed by atoms with Gasteiger partial charge in [0.05, 0.1) is 23.8 Å². The Hall–Kier alpha value is -2.46. The second-order valence-electron chi connectivity index (χ2n) is 6.49. The fraction of sp³-hybridized carbons (Fsp3) is 0.421. The van der Waals surface area contributed by atoms with Crippen LogP contribution in [0.25, 0.3) is 0 Å². The Morgan fingerprint density at radius 3 is 2.25 bits per heavy atom. The monoisotopic (exact) mass is 334 g/mol. The van der Waals surface area contributed by atoms with Gasteiger partial charge in [0.1, 0.15) is 4.99 Å². The zero-order valence-electron chi connectivity index (χ0n) is 13.3. The molecule has 1 aromatic rings. The van der Waals surface area contributed by atoms with Gasteiger partial charge in [0.25, 0.3) is 0 Å². The lowest BCUT2D eigenvalue weighted by molar-refractivity contribution is 0.0922. The van der Waals surface area contributed by atoms with Crippen molar-refractivity contribution in [2.45, 2.75) is 38.1 Å². The lowest BCUT2D eigenvalue weighted by atomic mass is 9.50. The van der Waals surface area contributed by atoms with Gasteiger partial charge in [-0.25, -0.2) is 0 Å². The quantitative estimate of drug-likeness (QED) is 0.464. The number of benzene rings is 1. The average molecular weight is 334 g/mol. The Labute approximate surface area is 147 Å². The summed E-state index contributed by atoms with van der Waals surface area (Å²) < 4.78 is 0. The summed E-state index contributed by atoms with van der Waals surface area (Å²) in [5.41, 5.74) is -0.635. The Kier molecular flexibility index (Phi) is 4.24. The smallest absolute Gasteiger partial charge is 0.178 e. The molecule has 2 fully saturated rings. The highest BCUT2D eigenvalue weighted by Gasteiger charge is 2.63. The van der Waals surface area contributed by atoms with Gasteiger partial charge in [-0.1, -0.05) is 61.8 Å². The summed E-state index contributed by atoms with van der Waals surface area (Å²) in [5, 5.41) is 31.2. The van der Waals surface area contributed by atoms with Crippen molar-refractivity contribution in [1.82, 2.24) is 5.32 Å². The third kappa shape index (κ3) is 2.10. The number of nitrogens with zero attached hydrogens (tertiary/aromatic N) is 2. The zero-order chi connectivity index (χ0) is 17.2. The Morgan fingerprint density at radius 2 is 1.71 bits per heavy atom. The van der Waals surface area contributed by atoms with Gasteiger partial charge in [0.15, 0.2) is 5.41 Å². The van der Waals surface area contributed by atoms with Crippen LogP contribution in [-0.4, -0.2) is 10.9 Å². The molecular weight excluding hydrogens is 316 g/mol. The largest absolute Gasteiger partial charge is 0.366 e. The van der Waals surface area contributed by atoms with Gasteiger partial charge < -0.3 is 5.32 Å². The molecule has 1 unspecified atom stereocenters. The zero-order valence-corrected chi connectivity index (χ0v) is 14.1. The molecule has 1 aliphatic heterocycles. The molecule has 5 heteroatoms. The van der Waals surface area contributed by atoms with Gasteiger partial charge in [-0.15, -0.1) is 0 Å². The first-order valence-corrected chi connectivity index (χ1v) is 8.54. The minimum absolute atomic E-state index is 0.446. The summed E-state index contributed by atoms with van der Waals surface area (Å²) in [6.45, 7) is 0. The molecule has 0 radical (unpaired) electrons. The number of thiocarbonyl (C=S) groups is 1. The van der Waals surface area contributed by atoms with Crippen molar-refractivity contribution in [3.05, 3.63) is 41.5 Å². The summed E-state index contributed by atoms with van der Waals surface area (Å²) in [6.07, 6.45) is 4.33. The fourth-order valence-electron chi connectivity index (χ4n) is 4.33. The van der Waals surface area contributed by atoms with Crippen molar-refractivity contribution in [2.24, 2.45) is 10.8 Å². The molecule has 0 amide bonds. The highest BCUT2D eigenvalue weighted by atomic mass is 32.1. The molecule has 1 spiro atoms. The third-order valence-electron chi connectivity index (χ3n) is 5.49. The highest BCUT2D eigenvalue weighted by Crippen LogP contribution is 2.61. The van der Waals surface area contributed by atoms with Crippen LogP contribution in [0.3, 0.4) is 0 Å². The number of rotatable bonds is 1. The van der Waals surface area contributed by atoms with Gasteiger partial charge in [0, 0.05) is 5.41 Å². The molecule has 1 saturated carbocycles. The molecule has 0 bridgehead atoms. The fourth-order valence-corrected chi connectivity index (χ4v) is 4.69. The maximum Gasteiger partial charge on any atom is 0.178 e. The normalized spacial score (nSPS) is 24.3. The highest BCUT2D eigenvalue weighted by molar-refractivity contribution is 7.80. The molecule has 24 heavy (non-hydrogen) atoms. The molecule has 0 aromatic heterocycles. The van der Waals surface area contributed by atoms with Crippen LogP contribution in [0.15, 0.2) is 35.9 Å². The number of hydrogen-bond donors (Lipinski definition) is 2. The van der Waals surface area contributed by atoms with Crippen LogP contribution < -0.4 is 5.32 Å². The second-order valence-corrected chi connectivity index (χ2v) is 6.90. The lowest BCUT2D eigenvalue weighted by Gasteiger charge is -2.53.